The average Bonchev–Trinajstić information content (AvgIpc) is 2.88. The maximum atomic E-state index is 5.03. The summed E-state index contributed by atoms with van der Waals surface area (Å²) >= 11 is 0. The summed E-state index contributed by atoms with van der Waals surface area (Å²) in [6.07, 6.45) is 8.09. The zero-order valence-electron chi connectivity index (χ0n) is 11.3. The normalized spacial score (nSPS) is 31.6. The Labute approximate surface area is 109 Å². The van der Waals surface area contributed by atoms with E-state index in [1.807, 2.05) is 0 Å². The molecule has 0 saturated heterocycles. The molecule has 2 unspecified atom stereocenters. The topological polar surface area (TPSA) is 29.9 Å². The second-order valence-corrected chi connectivity index (χ2v) is 6.42. The number of imidazole rings is 1. The van der Waals surface area contributed by atoms with Crippen LogP contribution in [0.3, 0.4) is 0 Å². The van der Waals surface area contributed by atoms with Crippen LogP contribution in [0, 0.1) is 5.92 Å². The van der Waals surface area contributed by atoms with Gasteiger partial charge in [-0.1, -0.05) is 19.8 Å². The second kappa shape index (κ2) is 4.09. The van der Waals surface area contributed by atoms with E-state index >= 15 is 0 Å². The van der Waals surface area contributed by atoms with Crippen LogP contribution >= 0.6 is 0 Å². The van der Waals surface area contributed by atoms with Crippen molar-refractivity contribution in [2.24, 2.45) is 5.92 Å². The Morgan fingerprint density at radius 3 is 2.78 bits per heavy atom. The van der Waals surface area contributed by atoms with Crippen molar-refractivity contribution in [3.05, 3.63) is 17.2 Å². The van der Waals surface area contributed by atoms with Crippen LogP contribution in [0.25, 0.3) is 0 Å². The van der Waals surface area contributed by atoms with Gasteiger partial charge in [-0.3, -0.25) is 0 Å². The highest BCUT2D eigenvalue weighted by molar-refractivity contribution is 5.25. The largest absolute Gasteiger partial charge is 0.328 e. The van der Waals surface area contributed by atoms with Crippen LogP contribution in [-0.2, 0) is 13.0 Å². The van der Waals surface area contributed by atoms with Crippen LogP contribution in [0.2, 0.25) is 0 Å². The van der Waals surface area contributed by atoms with Crippen molar-refractivity contribution in [1.29, 1.82) is 0 Å². The molecule has 2 atom stereocenters. The van der Waals surface area contributed by atoms with E-state index in [4.69, 9.17) is 4.98 Å². The van der Waals surface area contributed by atoms with Gasteiger partial charge in [0, 0.05) is 37.2 Å². The molecule has 2 fully saturated rings. The lowest BCUT2D eigenvalue weighted by Crippen LogP contribution is -2.25. The molecule has 2 aliphatic carbocycles. The summed E-state index contributed by atoms with van der Waals surface area (Å²) in [5.41, 5.74) is 2.91. The maximum absolute atomic E-state index is 5.03. The minimum atomic E-state index is 0.753. The predicted molar refractivity (Wildman–Crippen MR) is 71.7 cm³/mol. The van der Waals surface area contributed by atoms with Crippen molar-refractivity contribution >= 4 is 0 Å². The fourth-order valence-corrected chi connectivity index (χ4v) is 3.86. The van der Waals surface area contributed by atoms with Gasteiger partial charge in [-0.2, -0.15) is 0 Å². The Bertz CT molecular complexity index is 457. The van der Waals surface area contributed by atoms with E-state index in [0.717, 1.165) is 31.0 Å². The molecule has 0 spiro atoms. The first-order valence-corrected chi connectivity index (χ1v) is 7.65. The smallest absolute Gasteiger partial charge is 0.112 e. The summed E-state index contributed by atoms with van der Waals surface area (Å²) in [6, 6.07) is 0.773. The maximum Gasteiger partial charge on any atom is 0.112 e. The van der Waals surface area contributed by atoms with Crippen LogP contribution in [0.4, 0.5) is 0 Å². The van der Waals surface area contributed by atoms with Crippen molar-refractivity contribution in [2.75, 3.05) is 6.54 Å². The first kappa shape index (κ1) is 11.0. The number of nitrogens with zero attached hydrogens (tertiary/aromatic N) is 2. The van der Waals surface area contributed by atoms with Gasteiger partial charge in [0.25, 0.3) is 0 Å². The molecule has 2 heterocycles. The molecule has 18 heavy (non-hydrogen) atoms. The molecular formula is C15H23N3. The molecule has 0 radical (unpaired) electrons. The Morgan fingerprint density at radius 2 is 2.06 bits per heavy atom. The Kier molecular flexibility index (Phi) is 2.51. The third-order valence-electron chi connectivity index (χ3n) is 5.07. The van der Waals surface area contributed by atoms with Crippen LogP contribution < -0.4 is 5.32 Å². The van der Waals surface area contributed by atoms with E-state index in [-0.39, 0.29) is 0 Å². The number of nitrogens with one attached hydrogen (secondary N) is 1. The van der Waals surface area contributed by atoms with Gasteiger partial charge < -0.3 is 9.88 Å². The molecular weight excluding hydrogens is 222 g/mol. The van der Waals surface area contributed by atoms with E-state index in [9.17, 15) is 0 Å². The van der Waals surface area contributed by atoms with Gasteiger partial charge in [0.05, 0.1) is 5.69 Å². The van der Waals surface area contributed by atoms with Gasteiger partial charge in [0.2, 0.25) is 0 Å². The van der Waals surface area contributed by atoms with E-state index < -0.39 is 0 Å². The summed E-state index contributed by atoms with van der Waals surface area (Å²) in [5, 5.41) is 3.47. The molecule has 1 aliphatic heterocycles. The van der Waals surface area contributed by atoms with Gasteiger partial charge in [-0.25, -0.2) is 4.98 Å². The molecule has 98 valence electrons. The number of aromatic nitrogens is 2. The Balaban J connectivity index is 1.77. The van der Waals surface area contributed by atoms with Gasteiger partial charge in [0.1, 0.15) is 5.82 Å². The SMILES string of the molecule is CC1CC1n1c(C2CCCC2)nc2c1CCNC2. The van der Waals surface area contributed by atoms with Crippen LogP contribution in [-0.4, -0.2) is 16.1 Å². The van der Waals surface area contributed by atoms with Crippen molar-refractivity contribution in [3.63, 3.8) is 0 Å². The highest BCUT2D eigenvalue weighted by atomic mass is 15.2. The summed E-state index contributed by atoms with van der Waals surface area (Å²) in [5.74, 6) is 3.07. The quantitative estimate of drug-likeness (QED) is 0.868. The minimum Gasteiger partial charge on any atom is -0.328 e. The van der Waals surface area contributed by atoms with Crippen molar-refractivity contribution in [3.8, 4) is 0 Å². The van der Waals surface area contributed by atoms with Gasteiger partial charge in [-0.05, 0) is 25.2 Å². The molecule has 0 bridgehead atoms. The summed E-state index contributed by atoms with van der Waals surface area (Å²) in [4.78, 5) is 5.03. The van der Waals surface area contributed by atoms with Gasteiger partial charge >= 0.3 is 0 Å². The second-order valence-electron chi connectivity index (χ2n) is 6.42. The molecule has 3 aliphatic rings. The van der Waals surface area contributed by atoms with E-state index in [1.165, 1.54) is 50.0 Å². The molecule has 1 N–H and O–H groups in total. The number of fused-ring (bicyclic) bond motifs is 1. The molecule has 1 aromatic rings. The molecule has 3 heteroatoms. The molecule has 0 amide bonds. The number of hydrogen-bond acceptors (Lipinski definition) is 2. The summed E-state index contributed by atoms with van der Waals surface area (Å²) in [6.45, 7) is 4.50. The van der Waals surface area contributed by atoms with Gasteiger partial charge in [-0.15, -0.1) is 0 Å². The zero-order chi connectivity index (χ0) is 12.1. The minimum absolute atomic E-state index is 0.753. The summed E-state index contributed by atoms with van der Waals surface area (Å²) in [7, 11) is 0. The highest BCUT2D eigenvalue weighted by Gasteiger charge is 2.40. The standard InChI is InChI=1S/C15H23N3/c1-10-8-14(10)18-13-6-7-16-9-12(13)17-15(18)11-4-2-3-5-11/h10-11,14,16H,2-9H2,1H3. The van der Waals surface area contributed by atoms with Crippen molar-refractivity contribution in [1.82, 2.24) is 14.9 Å². The van der Waals surface area contributed by atoms with Crippen LogP contribution in [0.1, 0.15) is 68.2 Å². The Morgan fingerprint density at radius 1 is 1.28 bits per heavy atom. The lowest BCUT2D eigenvalue weighted by molar-refractivity contribution is 0.545. The Hall–Kier alpha value is -0.830. The molecule has 1 aromatic heterocycles. The zero-order valence-corrected chi connectivity index (χ0v) is 11.3. The monoisotopic (exact) mass is 245 g/mol. The first-order chi connectivity index (χ1) is 8.84. The summed E-state index contributed by atoms with van der Waals surface area (Å²) < 4.78 is 2.66. The molecule has 3 nitrogen and oxygen atoms in total. The van der Waals surface area contributed by atoms with Crippen LogP contribution in [0.15, 0.2) is 0 Å². The fraction of sp³-hybridized carbons (Fsp3) is 0.800. The van der Waals surface area contributed by atoms with E-state index in [0.29, 0.717) is 0 Å². The van der Waals surface area contributed by atoms with Gasteiger partial charge in [0.15, 0.2) is 0 Å². The molecule has 0 aromatic carbocycles. The number of rotatable bonds is 2. The number of hydrogen-bond donors (Lipinski definition) is 1. The third-order valence-corrected chi connectivity index (χ3v) is 5.07. The average molecular weight is 245 g/mol. The highest BCUT2D eigenvalue weighted by Crippen LogP contribution is 2.47. The van der Waals surface area contributed by atoms with E-state index in [2.05, 4.69) is 16.8 Å². The third kappa shape index (κ3) is 1.63. The lowest BCUT2D eigenvalue weighted by Gasteiger charge is -2.17. The molecule has 4 rings (SSSR count). The fourth-order valence-electron chi connectivity index (χ4n) is 3.86. The lowest BCUT2D eigenvalue weighted by atomic mass is 10.1. The predicted octanol–water partition coefficient (Wildman–Crippen LogP) is 2.77. The first-order valence-electron chi connectivity index (χ1n) is 7.65. The van der Waals surface area contributed by atoms with Crippen LogP contribution in [0.5, 0.6) is 0 Å². The van der Waals surface area contributed by atoms with Crippen molar-refractivity contribution in [2.45, 2.75) is 64.0 Å². The van der Waals surface area contributed by atoms with Crippen molar-refractivity contribution < 1.29 is 0 Å². The van der Waals surface area contributed by atoms with E-state index in [1.54, 1.807) is 5.69 Å². The molecule has 2 saturated carbocycles.